The van der Waals surface area contributed by atoms with Crippen LogP contribution < -0.4 is 5.32 Å². The summed E-state index contributed by atoms with van der Waals surface area (Å²) < 4.78 is 11.7. The number of nitrogens with one attached hydrogen (secondary N) is 1. The number of halogens is 1. The van der Waals surface area contributed by atoms with Crippen LogP contribution in [-0.4, -0.2) is 41.3 Å². The van der Waals surface area contributed by atoms with Crippen molar-refractivity contribution in [1.82, 2.24) is 5.32 Å². The van der Waals surface area contributed by atoms with E-state index >= 15 is 0 Å². The molecule has 0 bridgehead atoms. The number of thioether (sulfide) groups is 1. The zero-order valence-electron chi connectivity index (χ0n) is 7.38. The summed E-state index contributed by atoms with van der Waals surface area (Å²) in [5.74, 6) is 1.16. The van der Waals surface area contributed by atoms with Crippen molar-refractivity contribution in [3.8, 4) is 0 Å². The van der Waals surface area contributed by atoms with Crippen molar-refractivity contribution in [2.24, 2.45) is 0 Å². The molecular weight excluding hydrogens is 193 g/mol. The van der Waals surface area contributed by atoms with E-state index in [1.54, 1.807) is 11.8 Å². The molecule has 1 aliphatic rings. The van der Waals surface area contributed by atoms with Gasteiger partial charge in [0.2, 0.25) is 0 Å². The SMILES string of the molecule is O=C(NCCF)C1(O)CCSCC1. The number of carbonyl (C=O) groups is 1. The van der Waals surface area contributed by atoms with E-state index in [1.165, 1.54) is 0 Å². The number of carbonyl (C=O) groups excluding carboxylic acids is 1. The lowest BCUT2D eigenvalue weighted by Crippen LogP contribution is -2.49. The van der Waals surface area contributed by atoms with Crippen LogP contribution in [0.2, 0.25) is 0 Å². The highest BCUT2D eigenvalue weighted by molar-refractivity contribution is 7.99. The van der Waals surface area contributed by atoms with Gasteiger partial charge in [-0.15, -0.1) is 0 Å². The molecule has 1 saturated heterocycles. The Morgan fingerprint density at radius 2 is 2.15 bits per heavy atom. The van der Waals surface area contributed by atoms with E-state index in [0.29, 0.717) is 12.8 Å². The Labute approximate surface area is 81.1 Å². The highest BCUT2D eigenvalue weighted by Crippen LogP contribution is 2.26. The number of amides is 1. The lowest BCUT2D eigenvalue weighted by Gasteiger charge is -2.30. The summed E-state index contributed by atoms with van der Waals surface area (Å²) in [4.78, 5) is 11.3. The predicted molar refractivity (Wildman–Crippen MR) is 50.5 cm³/mol. The average Bonchev–Trinajstić information content (AvgIpc) is 2.15. The zero-order chi connectivity index (χ0) is 9.73. The molecule has 1 aliphatic heterocycles. The number of rotatable bonds is 3. The lowest BCUT2D eigenvalue weighted by molar-refractivity contribution is -0.140. The second-order valence-electron chi connectivity index (χ2n) is 3.09. The molecule has 0 aliphatic carbocycles. The molecule has 0 spiro atoms. The lowest BCUT2D eigenvalue weighted by atomic mass is 9.96. The molecule has 0 unspecified atom stereocenters. The minimum absolute atomic E-state index is 0.00567. The van der Waals surface area contributed by atoms with E-state index in [1.807, 2.05) is 0 Å². The number of alkyl halides is 1. The summed E-state index contributed by atoms with van der Waals surface area (Å²) in [6.45, 7) is -0.592. The number of hydrogen-bond donors (Lipinski definition) is 2. The van der Waals surface area contributed by atoms with Crippen molar-refractivity contribution in [3.05, 3.63) is 0 Å². The molecule has 2 N–H and O–H groups in total. The molecule has 5 heteroatoms. The van der Waals surface area contributed by atoms with Crippen LogP contribution in [0.15, 0.2) is 0 Å². The molecule has 0 saturated carbocycles. The summed E-state index contributed by atoms with van der Waals surface area (Å²) in [6, 6.07) is 0. The molecule has 0 aromatic heterocycles. The largest absolute Gasteiger partial charge is 0.380 e. The van der Waals surface area contributed by atoms with E-state index < -0.39 is 18.2 Å². The van der Waals surface area contributed by atoms with Crippen LogP contribution in [0.3, 0.4) is 0 Å². The molecule has 0 atom stereocenters. The second kappa shape index (κ2) is 4.81. The maximum Gasteiger partial charge on any atom is 0.252 e. The van der Waals surface area contributed by atoms with Gasteiger partial charge in [0.1, 0.15) is 12.3 Å². The van der Waals surface area contributed by atoms with E-state index in [9.17, 15) is 14.3 Å². The van der Waals surface area contributed by atoms with Crippen molar-refractivity contribution >= 4 is 17.7 Å². The molecule has 0 aromatic rings. The van der Waals surface area contributed by atoms with Gasteiger partial charge < -0.3 is 10.4 Å². The Bertz CT molecular complexity index is 183. The first-order chi connectivity index (χ1) is 6.19. The first-order valence-corrected chi connectivity index (χ1v) is 5.49. The molecule has 76 valence electrons. The predicted octanol–water partition coefficient (Wildman–Crippen LogP) is 0.330. The Hall–Kier alpha value is -0.290. The van der Waals surface area contributed by atoms with Gasteiger partial charge in [-0.05, 0) is 24.3 Å². The number of aliphatic hydroxyl groups is 1. The van der Waals surface area contributed by atoms with Gasteiger partial charge >= 0.3 is 0 Å². The van der Waals surface area contributed by atoms with E-state index in [0.717, 1.165) is 11.5 Å². The zero-order valence-corrected chi connectivity index (χ0v) is 8.20. The molecule has 1 amide bonds. The average molecular weight is 207 g/mol. The minimum atomic E-state index is -1.25. The highest BCUT2D eigenvalue weighted by Gasteiger charge is 2.36. The topological polar surface area (TPSA) is 49.3 Å². The molecular formula is C8H14FNO2S. The minimum Gasteiger partial charge on any atom is -0.380 e. The third-order valence-electron chi connectivity index (χ3n) is 2.12. The van der Waals surface area contributed by atoms with Gasteiger partial charge in [-0.3, -0.25) is 4.79 Å². The highest BCUT2D eigenvalue weighted by atomic mass is 32.2. The maximum absolute atomic E-state index is 11.7. The van der Waals surface area contributed by atoms with E-state index in [2.05, 4.69) is 5.32 Å². The van der Waals surface area contributed by atoms with Crippen molar-refractivity contribution in [2.45, 2.75) is 18.4 Å². The Morgan fingerprint density at radius 3 is 2.69 bits per heavy atom. The van der Waals surface area contributed by atoms with Crippen LogP contribution in [0, 0.1) is 0 Å². The van der Waals surface area contributed by atoms with Crippen molar-refractivity contribution in [2.75, 3.05) is 24.7 Å². The van der Waals surface area contributed by atoms with Gasteiger partial charge in [0, 0.05) is 6.54 Å². The van der Waals surface area contributed by atoms with Crippen molar-refractivity contribution in [3.63, 3.8) is 0 Å². The van der Waals surface area contributed by atoms with E-state index in [-0.39, 0.29) is 6.54 Å². The molecule has 0 radical (unpaired) electrons. The summed E-state index contributed by atoms with van der Waals surface area (Å²) in [7, 11) is 0. The van der Waals surface area contributed by atoms with Crippen LogP contribution in [0.25, 0.3) is 0 Å². The summed E-state index contributed by atoms with van der Waals surface area (Å²) >= 11 is 1.72. The van der Waals surface area contributed by atoms with Crippen LogP contribution in [0.4, 0.5) is 4.39 Å². The van der Waals surface area contributed by atoms with Gasteiger partial charge in [-0.2, -0.15) is 11.8 Å². The van der Waals surface area contributed by atoms with Crippen molar-refractivity contribution in [1.29, 1.82) is 0 Å². The fraction of sp³-hybridized carbons (Fsp3) is 0.875. The van der Waals surface area contributed by atoms with Gasteiger partial charge in [0.05, 0.1) is 0 Å². The summed E-state index contributed by atoms with van der Waals surface area (Å²) in [5.41, 5.74) is -1.25. The quantitative estimate of drug-likeness (QED) is 0.701. The first-order valence-electron chi connectivity index (χ1n) is 4.33. The smallest absolute Gasteiger partial charge is 0.252 e. The third kappa shape index (κ3) is 2.84. The normalized spacial score (nSPS) is 21.1. The second-order valence-corrected chi connectivity index (χ2v) is 4.31. The summed E-state index contributed by atoms with van der Waals surface area (Å²) in [5, 5.41) is 12.2. The fourth-order valence-electron chi connectivity index (χ4n) is 1.26. The Kier molecular flexibility index (Phi) is 3.99. The van der Waals surface area contributed by atoms with Gasteiger partial charge in [-0.25, -0.2) is 4.39 Å². The van der Waals surface area contributed by atoms with E-state index in [4.69, 9.17) is 0 Å². The Balaban J connectivity index is 2.42. The van der Waals surface area contributed by atoms with Crippen LogP contribution >= 0.6 is 11.8 Å². The molecule has 1 fully saturated rings. The van der Waals surface area contributed by atoms with Gasteiger partial charge in [0.15, 0.2) is 0 Å². The van der Waals surface area contributed by atoms with Crippen molar-refractivity contribution < 1.29 is 14.3 Å². The van der Waals surface area contributed by atoms with Gasteiger partial charge in [-0.1, -0.05) is 0 Å². The Morgan fingerprint density at radius 1 is 1.54 bits per heavy atom. The standard InChI is InChI=1S/C8H14FNO2S/c9-3-4-10-7(11)8(12)1-5-13-6-2-8/h12H,1-6H2,(H,10,11). The molecule has 1 rings (SSSR count). The molecule has 1 heterocycles. The number of hydrogen-bond acceptors (Lipinski definition) is 3. The van der Waals surface area contributed by atoms with Crippen LogP contribution in [0.5, 0.6) is 0 Å². The third-order valence-corrected chi connectivity index (χ3v) is 3.11. The molecule has 13 heavy (non-hydrogen) atoms. The first kappa shape index (κ1) is 10.8. The molecule has 3 nitrogen and oxygen atoms in total. The van der Waals surface area contributed by atoms with Gasteiger partial charge in [0.25, 0.3) is 5.91 Å². The monoisotopic (exact) mass is 207 g/mol. The fourth-order valence-corrected chi connectivity index (χ4v) is 2.43. The molecule has 0 aromatic carbocycles. The van der Waals surface area contributed by atoms with Crippen LogP contribution in [0.1, 0.15) is 12.8 Å². The van der Waals surface area contributed by atoms with Crippen LogP contribution in [-0.2, 0) is 4.79 Å². The maximum atomic E-state index is 11.7. The summed E-state index contributed by atoms with van der Waals surface area (Å²) in [6.07, 6.45) is 0.936.